The van der Waals surface area contributed by atoms with E-state index in [1.807, 2.05) is 26.1 Å². The zero-order valence-electron chi connectivity index (χ0n) is 15.0. The normalized spacial score (nSPS) is 13.9. The Hall–Kier alpha value is -3.49. The Kier molecular flexibility index (Phi) is 4.41. The van der Waals surface area contributed by atoms with Crippen LogP contribution in [0.5, 0.6) is 5.88 Å². The fourth-order valence-electron chi connectivity index (χ4n) is 2.96. The maximum absolute atomic E-state index is 12.6. The van der Waals surface area contributed by atoms with Gasteiger partial charge in [-0.05, 0) is 24.6 Å². The molecule has 3 aromatic rings. The number of aryl methyl sites for hydroxylation is 2. The lowest BCUT2D eigenvalue weighted by Crippen LogP contribution is -2.55. The van der Waals surface area contributed by atoms with Crippen LogP contribution in [-0.4, -0.2) is 50.1 Å². The number of nitrogens with one attached hydrogen (secondary N) is 1. The summed E-state index contributed by atoms with van der Waals surface area (Å²) in [5, 5.41) is 14.5. The summed E-state index contributed by atoms with van der Waals surface area (Å²) >= 11 is 0. The summed E-state index contributed by atoms with van der Waals surface area (Å²) in [5.41, 5.74) is 2.19. The Morgan fingerprint density at radius 3 is 2.81 bits per heavy atom. The number of carbonyl (C=O) groups is 1. The van der Waals surface area contributed by atoms with Gasteiger partial charge in [-0.25, -0.2) is 4.98 Å². The highest BCUT2D eigenvalue weighted by Crippen LogP contribution is 2.27. The molecule has 1 saturated heterocycles. The van der Waals surface area contributed by atoms with Gasteiger partial charge in [-0.2, -0.15) is 15.3 Å². The second-order valence-electron chi connectivity index (χ2n) is 6.41. The summed E-state index contributed by atoms with van der Waals surface area (Å²) in [5.74, 6) is 1.13. The summed E-state index contributed by atoms with van der Waals surface area (Å²) in [4.78, 5) is 18.9. The van der Waals surface area contributed by atoms with Crippen molar-refractivity contribution in [1.82, 2.24) is 25.0 Å². The van der Waals surface area contributed by atoms with E-state index >= 15 is 0 Å². The van der Waals surface area contributed by atoms with Crippen LogP contribution in [0, 0.1) is 6.92 Å². The van der Waals surface area contributed by atoms with E-state index in [1.165, 1.54) is 12.4 Å². The van der Waals surface area contributed by atoms with Gasteiger partial charge in [-0.1, -0.05) is 0 Å². The lowest BCUT2D eigenvalue weighted by Gasteiger charge is -2.40. The van der Waals surface area contributed by atoms with Crippen molar-refractivity contribution in [2.75, 3.05) is 23.3 Å². The van der Waals surface area contributed by atoms with Crippen LogP contribution in [0.4, 0.5) is 11.5 Å². The second kappa shape index (κ2) is 7.02. The molecule has 4 rings (SSSR count). The zero-order chi connectivity index (χ0) is 18.8. The SMILES string of the molecule is Cc1ccnc(OC2CN(c3c(C(=O)Nc4ccnnc4)cnn3C)C2)c1. The van der Waals surface area contributed by atoms with E-state index in [9.17, 15) is 4.79 Å². The van der Waals surface area contributed by atoms with E-state index in [2.05, 4.69) is 30.5 Å². The molecule has 9 heteroatoms. The van der Waals surface area contributed by atoms with Gasteiger partial charge in [0.1, 0.15) is 17.5 Å². The first kappa shape index (κ1) is 17.0. The lowest BCUT2D eigenvalue weighted by atomic mass is 10.1. The van der Waals surface area contributed by atoms with E-state index < -0.39 is 0 Å². The number of aromatic nitrogens is 5. The van der Waals surface area contributed by atoms with Crippen LogP contribution in [0.15, 0.2) is 43.0 Å². The number of hydrogen-bond acceptors (Lipinski definition) is 7. The van der Waals surface area contributed by atoms with Crippen molar-refractivity contribution in [2.45, 2.75) is 13.0 Å². The number of pyridine rings is 1. The van der Waals surface area contributed by atoms with E-state index in [4.69, 9.17) is 4.74 Å². The Morgan fingerprint density at radius 2 is 2.07 bits per heavy atom. The Balaban J connectivity index is 1.43. The molecule has 3 aromatic heterocycles. The summed E-state index contributed by atoms with van der Waals surface area (Å²) in [7, 11) is 1.82. The zero-order valence-corrected chi connectivity index (χ0v) is 15.0. The smallest absolute Gasteiger partial charge is 0.261 e. The molecule has 138 valence electrons. The highest BCUT2D eigenvalue weighted by atomic mass is 16.5. The minimum Gasteiger partial charge on any atom is -0.471 e. The van der Waals surface area contributed by atoms with Crippen molar-refractivity contribution in [3.05, 3.63) is 54.1 Å². The first-order valence-corrected chi connectivity index (χ1v) is 8.54. The number of amides is 1. The van der Waals surface area contributed by atoms with Crippen LogP contribution in [0.2, 0.25) is 0 Å². The van der Waals surface area contributed by atoms with Gasteiger partial charge in [-0.15, -0.1) is 0 Å². The quantitative estimate of drug-likeness (QED) is 0.730. The van der Waals surface area contributed by atoms with Gasteiger partial charge in [0, 0.05) is 19.3 Å². The molecule has 1 N–H and O–H groups in total. The van der Waals surface area contributed by atoms with Gasteiger partial charge in [0.05, 0.1) is 37.4 Å². The molecule has 0 aliphatic carbocycles. The van der Waals surface area contributed by atoms with Gasteiger partial charge >= 0.3 is 0 Å². The average Bonchev–Trinajstić information content (AvgIpc) is 3.00. The van der Waals surface area contributed by atoms with Crippen LogP contribution in [0.3, 0.4) is 0 Å². The summed E-state index contributed by atoms with van der Waals surface area (Å²) in [6.45, 7) is 3.32. The van der Waals surface area contributed by atoms with Crippen molar-refractivity contribution in [3.8, 4) is 5.88 Å². The summed E-state index contributed by atoms with van der Waals surface area (Å²) in [6, 6.07) is 5.52. The van der Waals surface area contributed by atoms with Crippen molar-refractivity contribution in [3.63, 3.8) is 0 Å². The number of anilines is 2. The van der Waals surface area contributed by atoms with Gasteiger partial charge in [0.25, 0.3) is 5.91 Å². The monoisotopic (exact) mass is 365 g/mol. The molecule has 1 amide bonds. The van der Waals surface area contributed by atoms with Gasteiger partial charge in [0.2, 0.25) is 5.88 Å². The molecule has 0 atom stereocenters. The first-order valence-electron chi connectivity index (χ1n) is 8.54. The Labute approximate surface area is 156 Å². The topological polar surface area (TPSA) is 98.1 Å². The van der Waals surface area contributed by atoms with E-state index in [1.54, 1.807) is 23.1 Å². The lowest BCUT2D eigenvalue weighted by molar-refractivity contribution is 0.102. The molecular weight excluding hydrogens is 346 g/mol. The van der Waals surface area contributed by atoms with E-state index in [-0.39, 0.29) is 12.0 Å². The molecule has 1 fully saturated rings. The standard InChI is InChI=1S/C18H19N7O2/c1-12-3-5-19-16(7-12)27-14-10-25(11-14)18-15(9-22-24(18)2)17(26)23-13-4-6-20-21-8-13/h3-9,14H,10-11H2,1-2H3,(H,20,23,26). The van der Waals surface area contributed by atoms with Crippen LogP contribution in [0.25, 0.3) is 0 Å². The highest BCUT2D eigenvalue weighted by molar-refractivity contribution is 6.07. The number of rotatable bonds is 5. The summed E-state index contributed by atoms with van der Waals surface area (Å²) < 4.78 is 7.59. The largest absolute Gasteiger partial charge is 0.471 e. The molecule has 0 spiro atoms. The van der Waals surface area contributed by atoms with Gasteiger partial charge < -0.3 is 15.0 Å². The van der Waals surface area contributed by atoms with Crippen molar-refractivity contribution >= 4 is 17.4 Å². The minimum atomic E-state index is -0.240. The number of ether oxygens (including phenoxy) is 1. The van der Waals surface area contributed by atoms with Gasteiger partial charge in [0.15, 0.2) is 0 Å². The molecule has 0 unspecified atom stereocenters. The molecule has 0 aromatic carbocycles. The fraction of sp³-hybridized carbons (Fsp3) is 0.278. The predicted octanol–water partition coefficient (Wildman–Crippen LogP) is 1.43. The molecule has 0 bridgehead atoms. The van der Waals surface area contributed by atoms with Gasteiger partial charge in [-0.3, -0.25) is 9.48 Å². The third-order valence-electron chi connectivity index (χ3n) is 4.32. The number of nitrogens with zero attached hydrogens (tertiary/aromatic N) is 6. The van der Waals surface area contributed by atoms with E-state index in [0.29, 0.717) is 30.2 Å². The maximum atomic E-state index is 12.6. The highest BCUT2D eigenvalue weighted by Gasteiger charge is 2.33. The maximum Gasteiger partial charge on any atom is 0.261 e. The predicted molar refractivity (Wildman–Crippen MR) is 98.8 cm³/mol. The molecular formula is C18H19N7O2. The second-order valence-corrected chi connectivity index (χ2v) is 6.41. The Morgan fingerprint density at radius 1 is 1.22 bits per heavy atom. The third-order valence-corrected chi connectivity index (χ3v) is 4.32. The van der Waals surface area contributed by atoms with Crippen molar-refractivity contribution in [2.24, 2.45) is 7.05 Å². The first-order chi connectivity index (χ1) is 13.1. The molecule has 0 saturated carbocycles. The molecule has 4 heterocycles. The van der Waals surface area contributed by atoms with E-state index in [0.717, 1.165) is 11.4 Å². The number of hydrogen-bond donors (Lipinski definition) is 1. The Bertz CT molecular complexity index is 951. The molecule has 1 aliphatic rings. The molecule has 9 nitrogen and oxygen atoms in total. The third kappa shape index (κ3) is 3.57. The van der Waals surface area contributed by atoms with Crippen LogP contribution < -0.4 is 15.0 Å². The molecule has 27 heavy (non-hydrogen) atoms. The number of carbonyl (C=O) groups excluding carboxylic acids is 1. The minimum absolute atomic E-state index is 0.0227. The summed E-state index contributed by atoms with van der Waals surface area (Å²) in [6.07, 6.45) is 6.34. The van der Waals surface area contributed by atoms with Crippen LogP contribution >= 0.6 is 0 Å². The fourth-order valence-corrected chi connectivity index (χ4v) is 2.96. The molecule has 0 radical (unpaired) electrons. The average molecular weight is 365 g/mol. The van der Waals surface area contributed by atoms with Crippen molar-refractivity contribution in [1.29, 1.82) is 0 Å². The van der Waals surface area contributed by atoms with Crippen molar-refractivity contribution < 1.29 is 9.53 Å². The molecule has 1 aliphatic heterocycles. The van der Waals surface area contributed by atoms with Crippen LogP contribution in [-0.2, 0) is 7.05 Å². The van der Waals surface area contributed by atoms with Crippen LogP contribution in [0.1, 0.15) is 15.9 Å².